The Morgan fingerprint density at radius 1 is 1.29 bits per heavy atom. The van der Waals surface area contributed by atoms with E-state index in [1.807, 2.05) is 28.3 Å². The number of fused-ring (bicyclic) bond motifs is 1. The fourth-order valence-electron chi connectivity index (χ4n) is 2.39. The highest BCUT2D eigenvalue weighted by atomic mass is 35.5. The molecule has 0 aliphatic heterocycles. The summed E-state index contributed by atoms with van der Waals surface area (Å²) in [4.78, 5) is 23.0. The number of nitrogens with one attached hydrogen (secondary N) is 1. The highest BCUT2D eigenvalue weighted by molar-refractivity contribution is 7.19. The van der Waals surface area contributed by atoms with Crippen LogP contribution in [0.2, 0.25) is 0 Å². The number of H-pyrrole nitrogens is 1. The SMILES string of the molecule is Cc1ccc(-c2csc3nc(/C(Cl)=C/c4ccsc4)[nH]c(=O)c23)s1. The molecule has 0 atom stereocenters. The van der Waals surface area contributed by atoms with E-state index >= 15 is 0 Å². The highest BCUT2D eigenvalue weighted by Crippen LogP contribution is 2.35. The van der Waals surface area contributed by atoms with Crippen LogP contribution in [0.4, 0.5) is 0 Å². The maximum absolute atomic E-state index is 12.6. The average Bonchev–Trinajstić information content (AvgIpc) is 3.27. The van der Waals surface area contributed by atoms with E-state index in [0.717, 1.165) is 16.0 Å². The molecule has 4 rings (SSSR count). The molecule has 4 aromatic heterocycles. The van der Waals surface area contributed by atoms with Gasteiger partial charge in [0.15, 0.2) is 5.82 Å². The Morgan fingerprint density at radius 3 is 2.88 bits per heavy atom. The number of thiophene rings is 3. The van der Waals surface area contributed by atoms with Gasteiger partial charge in [-0.15, -0.1) is 22.7 Å². The van der Waals surface area contributed by atoms with E-state index in [-0.39, 0.29) is 5.56 Å². The Labute approximate surface area is 154 Å². The number of rotatable bonds is 3. The molecule has 0 aromatic carbocycles. The van der Waals surface area contributed by atoms with Gasteiger partial charge in [0.1, 0.15) is 4.83 Å². The van der Waals surface area contributed by atoms with Gasteiger partial charge >= 0.3 is 0 Å². The second-order valence-electron chi connectivity index (χ2n) is 5.20. The van der Waals surface area contributed by atoms with Crippen molar-refractivity contribution in [1.82, 2.24) is 9.97 Å². The summed E-state index contributed by atoms with van der Waals surface area (Å²) in [7, 11) is 0. The van der Waals surface area contributed by atoms with Gasteiger partial charge in [-0.05, 0) is 47.5 Å². The van der Waals surface area contributed by atoms with Crippen LogP contribution >= 0.6 is 45.6 Å². The van der Waals surface area contributed by atoms with Crippen molar-refractivity contribution in [3.8, 4) is 10.4 Å². The van der Waals surface area contributed by atoms with Gasteiger partial charge in [-0.2, -0.15) is 11.3 Å². The predicted molar refractivity (Wildman–Crippen MR) is 106 cm³/mol. The summed E-state index contributed by atoms with van der Waals surface area (Å²) in [6, 6.07) is 6.06. The van der Waals surface area contributed by atoms with Crippen molar-refractivity contribution >= 4 is 66.9 Å². The van der Waals surface area contributed by atoms with Crippen molar-refractivity contribution in [2.75, 3.05) is 0 Å². The number of aromatic nitrogens is 2. The van der Waals surface area contributed by atoms with Gasteiger partial charge in [-0.1, -0.05) is 11.6 Å². The molecule has 0 saturated carbocycles. The Kier molecular flexibility index (Phi) is 4.14. The Hall–Kier alpha value is -1.73. The first-order valence-corrected chi connectivity index (χ1v) is 10.1. The molecule has 4 heterocycles. The van der Waals surface area contributed by atoms with E-state index in [1.54, 1.807) is 28.7 Å². The molecule has 0 unspecified atom stereocenters. The second kappa shape index (κ2) is 6.29. The molecule has 0 fully saturated rings. The predicted octanol–water partition coefficient (Wildman–Crippen LogP) is 5.82. The third-order valence-corrected chi connectivity index (χ3v) is 6.41. The summed E-state index contributed by atoms with van der Waals surface area (Å²) in [5.41, 5.74) is 1.77. The van der Waals surface area contributed by atoms with E-state index in [4.69, 9.17) is 11.6 Å². The molecule has 0 aliphatic carbocycles. The summed E-state index contributed by atoms with van der Waals surface area (Å²) in [5.74, 6) is 0.399. The molecule has 1 N–H and O–H groups in total. The zero-order chi connectivity index (χ0) is 16.7. The number of hydrogen-bond acceptors (Lipinski definition) is 5. The highest BCUT2D eigenvalue weighted by Gasteiger charge is 2.15. The van der Waals surface area contributed by atoms with Crippen molar-refractivity contribution < 1.29 is 0 Å². The van der Waals surface area contributed by atoms with Gasteiger partial charge in [0, 0.05) is 20.7 Å². The van der Waals surface area contributed by atoms with Crippen LogP contribution in [0.25, 0.3) is 31.8 Å². The van der Waals surface area contributed by atoms with Crippen LogP contribution in [0.3, 0.4) is 0 Å². The maximum atomic E-state index is 12.6. The number of aromatic amines is 1. The largest absolute Gasteiger partial charge is 0.305 e. The zero-order valence-electron chi connectivity index (χ0n) is 12.5. The van der Waals surface area contributed by atoms with Crippen LogP contribution in [-0.2, 0) is 0 Å². The minimum Gasteiger partial charge on any atom is -0.305 e. The Bertz CT molecular complexity index is 1100. The van der Waals surface area contributed by atoms with E-state index < -0.39 is 0 Å². The number of aryl methyl sites for hydroxylation is 1. The molecule has 0 saturated heterocycles. The van der Waals surface area contributed by atoms with E-state index in [2.05, 4.69) is 23.0 Å². The quantitative estimate of drug-likeness (QED) is 0.479. The smallest absolute Gasteiger partial charge is 0.260 e. The standard InChI is InChI=1S/C17H11ClN2OS3/c1-9-2-3-13(24-9)11-8-23-17-14(11)16(21)19-15(20-17)12(18)6-10-4-5-22-7-10/h2-8H,1H3,(H,19,20,21)/b12-6-. The van der Waals surface area contributed by atoms with Crippen molar-refractivity contribution in [2.24, 2.45) is 0 Å². The molecular formula is C17H11ClN2OS3. The topological polar surface area (TPSA) is 45.8 Å². The third-order valence-electron chi connectivity index (χ3n) is 3.51. The molecule has 0 radical (unpaired) electrons. The minimum absolute atomic E-state index is 0.158. The molecule has 0 bridgehead atoms. The van der Waals surface area contributed by atoms with Gasteiger partial charge in [0.2, 0.25) is 0 Å². The van der Waals surface area contributed by atoms with Gasteiger partial charge < -0.3 is 4.98 Å². The molecule has 0 aliphatic rings. The van der Waals surface area contributed by atoms with Crippen molar-refractivity contribution in [1.29, 1.82) is 0 Å². The van der Waals surface area contributed by atoms with E-state index in [1.165, 1.54) is 16.2 Å². The lowest BCUT2D eigenvalue weighted by Crippen LogP contribution is -2.09. The minimum atomic E-state index is -0.158. The molecule has 120 valence electrons. The molecule has 7 heteroatoms. The summed E-state index contributed by atoms with van der Waals surface area (Å²) in [5, 5.41) is 7.00. The molecule has 4 aromatic rings. The van der Waals surface area contributed by atoms with Gasteiger partial charge in [-0.25, -0.2) is 4.98 Å². The maximum Gasteiger partial charge on any atom is 0.260 e. The first kappa shape index (κ1) is 15.8. The van der Waals surface area contributed by atoms with Crippen LogP contribution in [0.1, 0.15) is 16.3 Å². The van der Waals surface area contributed by atoms with Crippen molar-refractivity contribution in [3.63, 3.8) is 0 Å². The Morgan fingerprint density at radius 2 is 2.17 bits per heavy atom. The summed E-state index contributed by atoms with van der Waals surface area (Å²) < 4.78 is 0. The number of halogens is 1. The molecule has 24 heavy (non-hydrogen) atoms. The van der Waals surface area contributed by atoms with Crippen LogP contribution in [0, 0.1) is 6.92 Å². The normalized spacial score (nSPS) is 12.2. The lowest BCUT2D eigenvalue weighted by atomic mass is 10.2. The van der Waals surface area contributed by atoms with Crippen LogP contribution in [0.5, 0.6) is 0 Å². The van der Waals surface area contributed by atoms with Crippen LogP contribution in [0.15, 0.2) is 39.1 Å². The van der Waals surface area contributed by atoms with Crippen molar-refractivity contribution in [3.05, 3.63) is 61.0 Å². The average molecular weight is 391 g/mol. The first-order chi connectivity index (χ1) is 11.6. The van der Waals surface area contributed by atoms with E-state index in [9.17, 15) is 4.79 Å². The van der Waals surface area contributed by atoms with Gasteiger partial charge in [0.05, 0.1) is 10.4 Å². The molecule has 0 spiro atoms. The summed E-state index contributed by atoms with van der Waals surface area (Å²) in [6.45, 7) is 2.05. The number of hydrogen-bond donors (Lipinski definition) is 1. The van der Waals surface area contributed by atoms with Gasteiger partial charge in [-0.3, -0.25) is 4.79 Å². The van der Waals surface area contributed by atoms with Crippen molar-refractivity contribution in [2.45, 2.75) is 6.92 Å². The third kappa shape index (κ3) is 2.86. The lowest BCUT2D eigenvalue weighted by Gasteiger charge is -2.00. The Balaban J connectivity index is 1.83. The van der Waals surface area contributed by atoms with E-state index in [0.29, 0.717) is 21.1 Å². The summed E-state index contributed by atoms with van der Waals surface area (Å²) in [6.07, 6.45) is 1.80. The second-order valence-corrected chi connectivity index (χ2v) is 8.54. The summed E-state index contributed by atoms with van der Waals surface area (Å²) >= 11 is 11.1. The molecule has 3 nitrogen and oxygen atoms in total. The fraction of sp³-hybridized carbons (Fsp3) is 0.0588. The van der Waals surface area contributed by atoms with Crippen LogP contribution in [-0.4, -0.2) is 9.97 Å². The molecule has 0 amide bonds. The van der Waals surface area contributed by atoms with Crippen LogP contribution < -0.4 is 5.56 Å². The van der Waals surface area contributed by atoms with Gasteiger partial charge in [0.25, 0.3) is 5.56 Å². The fourth-order valence-corrected chi connectivity index (χ4v) is 5.13. The monoisotopic (exact) mass is 390 g/mol. The molecular weight excluding hydrogens is 380 g/mol. The first-order valence-electron chi connectivity index (χ1n) is 7.10. The number of nitrogens with zero attached hydrogens (tertiary/aromatic N) is 1. The lowest BCUT2D eigenvalue weighted by molar-refractivity contribution is 1.14. The zero-order valence-corrected chi connectivity index (χ0v) is 15.7.